The Balaban J connectivity index is 2.53. The average Bonchev–Trinajstić information content (AvgIpc) is 2.89. The summed E-state index contributed by atoms with van der Waals surface area (Å²) in [7, 11) is 5.41. The van der Waals surface area contributed by atoms with Crippen LogP contribution in [0.5, 0.6) is 0 Å². The predicted octanol–water partition coefficient (Wildman–Crippen LogP) is 1.65. The first kappa shape index (κ1) is 17.7. The van der Waals surface area contributed by atoms with Crippen LogP contribution >= 0.6 is 45.2 Å². The summed E-state index contributed by atoms with van der Waals surface area (Å²) in [6, 6.07) is 0. The van der Waals surface area contributed by atoms with Crippen LogP contribution in [-0.4, -0.2) is 62.5 Å². The summed E-state index contributed by atoms with van der Waals surface area (Å²) in [5, 5.41) is 0. The van der Waals surface area contributed by atoms with Crippen LogP contribution < -0.4 is 0 Å². The van der Waals surface area contributed by atoms with E-state index in [0.29, 0.717) is 6.54 Å². The highest BCUT2D eigenvalue weighted by molar-refractivity contribution is 14.1. The second-order valence-electron chi connectivity index (χ2n) is 5.48. The molecule has 19 heavy (non-hydrogen) atoms. The number of carbonyl (C=O) groups is 2. The van der Waals surface area contributed by atoms with Gasteiger partial charge in [-0.25, -0.2) is 0 Å². The highest BCUT2D eigenvalue weighted by Crippen LogP contribution is 2.37. The van der Waals surface area contributed by atoms with Crippen LogP contribution in [0.4, 0.5) is 0 Å². The van der Waals surface area contributed by atoms with Crippen LogP contribution in [0.2, 0.25) is 6.32 Å². The van der Waals surface area contributed by atoms with Crippen molar-refractivity contribution in [2.24, 2.45) is 0 Å². The van der Waals surface area contributed by atoms with Crippen molar-refractivity contribution >= 4 is 64.7 Å². The lowest BCUT2D eigenvalue weighted by Gasteiger charge is -2.25. The van der Waals surface area contributed by atoms with Gasteiger partial charge in [0.1, 0.15) is 0 Å². The summed E-state index contributed by atoms with van der Waals surface area (Å²) < 4.78 is -0.246. The lowest BCUT2D eigenvalue weighted by atomic mass is 10.0. The van der Waals surface area contributed by atoms with Gasteiger partial charge in [-0.2, -0.15) is 0 Å². The van der Waals surface area contributed by atoms with E-state index in [0.717, 1.165) is 13.1 Å². The molecule has 7 heteroatoms. The molecule has 106 valence electrons. The van der Waals surface area contributed by atoms with E-state index < -0.39 is 3.42 Å². The minimum Gasteiger partial charge on any atom is -0.335 e. The molecule has 0 aromatic heterocycles. The quantitative estimate of drug-likeness (QED) is 0.180. The molecule has 4 nitrogen and oxygen atoms in total. The fraction of sp³-hybridized carbons (Fsp3) is 0.833. The summed E-state index contributed by atoms with van der Waals surface area (Å²) in [4.78, 5) is 27.7. The molecular formula is C12H19BI2N2O2. The van der Waals surface area contributed by atoms with Gasteiger partial charge in [-0.15, -0.1) is 0 Å². The van der Waals surface area contributed by atoms with Crippen molar-refractivity contribution in [1.82, 2.24) is 9.80 Å². The van der Waals surface area contributed by atoms with E-state index in [4.69, 9.17) is 7.85 Å². The zero-order chi connectivity index (χ0) is 14.8. The molecule has 0 aromatic rings. The number of rotatable bonds is 7. The largest absolute Gasteiger partial charge is 0.335 e. The molecule has 1 heterocycles. The standard InChI is InChI=1S/C12H19BI2N2O2/c1-11(2,14)9(18)7-16(10(19)6-13)4-5-17-8-12(17,3)15/h4-8H2,1-3H3. The van der Waals surface area contributed by atoms with E-state index in [1.807, 2.05) is 13.8 Å². The minimum atomic E-state index is -0.456. The number of ketones is 1. The van der Waals surface area contributed by atoms with Gasteiger partial charge in [-0.3, -0.25) is 14.5 Å². The Bertz CT molecular complexity index is 369. The molecule has 1 amide bonds. The Morgan fingerprint density at radius 1 is 1.47 bits per heavy atom. The summed E-state index contributed by atoms with van der Waals surface area (Å²) in [6.07, 6.45) is -0.0452. The topological polar surface area (TPSA) is 40.4 Å². The number of nitrogens with zero attached hydrogens (tertiary/aromatic N) is 2. The van der Waals surface area contributed by atoms with E-state index >= 15 is 0 Å². The highest BCUT2D eigenvalue weighted by Gasteiger charge is 2.44. The summed E-state index contributed by atoms with van der Waals surface area (Å²) >= 11 is 4.49. The second kappa shape index (κ2) is 6.59. The van der Waals surface area contributed by atoms with Crippen molar-refractivity contribution in [2.75, 3.05) is 26.2 Å². The van der Waals surface area contributed by atoms with Crippen molar-refractivity contribution in [1.29, 1.82) is 0 Å². The van der Waals surface area contributed by atoms with Crippen molar-refractivity contribution in [3.05, 3.63) is 0 Å². The molecule has 1 saturated heterocycles. The average molecular weight is 488 g/mol. The Labute approximate surface area is 143 Å². The molecule has 2 radical (unpaired) electrons. The van der Waals surface area contributed by atoms with E-state index in [2.05, 4.69) is 57.0 Å². The van der Waals surface area contributed by atoms with Gasteiger partial charge in [-0.05, 0) is 27.1 Å². The molecular weight excluding hydrogens is 469 g/mol. The lowest BCUT2D eigenvalue weighted by Crippen LogP contribution is -2.43. The molecule has 2 atom stereocenters. The lowest BCUT2D eigenvalue weighted by molar-refractivity contribution is -0.134. The van der Waals surface area contributed by atoms with E-state index in [9.17, 15) is 9.59 Å². The van der Waals surface area contributed by atoms with Crippen LogP contribution in [0.25, 0.3) is 0 Å². The molecule has 0 spiro atoms. The maximum absolute atomic E-state index is 12.0. The first-order valence-corrected chi connectivity index (χ1v) is 8.37. The normalized spacial score (nSPS) is 26.1. The molecule has 0 bridgehead atoms. The fourth-order valence-corrected chi connectivity index (χ4v) is 2.47. The number of hydrogen-bond donors (Lipinski definition) is 0. The van der Waals surface area contributed by atoms with Crippen molar-refractivity contribution < 1.29 is 9.59 Å². The zero-order valence-electron chi connectivity index (χ0n) is 11.6. The van der Waals surface area contributed by atoms with Crippen LogP contribution in [0.3, 0.4) is 0 Å². The van der Waals surface area contributed by atoms with Gasteiger partial charge in [0.05, 0.1) is 21.4 Å². The number of hydrogen-bond acceptors (Lipinski definition) is 3. The third-order valence-corrected chi connectivity index (χ3v) is 4.83. The van der Waals surface area contributed by atoms with E-state index in [1.54, 1.807) is 4.90 Å². The Hall–Kier alpha value is 0.625. The Morgan fingerprint density at radius 3 is 2.37 bits per heavy atom. The molecule has 1 rings (SSSR count). The van der Waals surface area contributed by atoms with Gasteiger partial charge < -0.3 is 4.90 Å². The number of Topliss-reactive ketones (excluding diaryl/α,β-unsaturated/α-hetero) is 1. The first-order valence-electron chi connectivity index (χ1n) is 6.22. The number of carbonyl (C=O) groups excluding carboxylic acids is 2. The SMILES string of the molecule is [B]CC(=O)N(CCN1CC1(C)I)CC(=O)C(C)(C)I. The molecule has 1 fully saturated rings. The molecule has 0 N–H and O–H groups in total. The Morgan fingerprint density at radius 2 is 2.00 bits per heavy atom. The van der Waals surface area contributed by atoms with Gasteiger partial charge >= 0.3 is 0 Å². The van der Waals surface area contributed by atoms with Gasteiger partial charge in [-0.1, -0.05) is 45.2 Å². The molecule has 1 aliphatic heterocycles. The van der Waals surface area contributed by atoms with Crippen LogP contribution in [0.15, 0.2) is 0 Å². The highest BCUT2D eigenvalue weighted by atomic mass is 127. The van der Waals surface area contributed by atoms with Gasteiger partial charge in [0, 0.05) is 19.6 Å². The van der Waals surface area contributed by atoms with Gasteiger partial charge in [0.15, 0.2) is 5.78 Å². The minimum absolute atomic E-state index is 0.0452. The van der Waals surface area contributed by atoms with Gasteiger partial charge in [0.25, 0.3) is 0 Å². The first-order chi connectivity index (χ1) is 8.58. The maximum Gasteiger partial charge on any atom is 0.214 e. The van der Waals surface area contributed by atoms with E-state index in [-0.39, 0.29) is 28.1 Å². The maximum atomic E-state index is 12.0. The second-order valence-corrected chi connectivity index (χ2v) is 10.5. The van der Waals surface area contributed by atoms with Crippen LogP contribution in [0.1, 0.15) is 20.8 Å². The third kappa shape index (κ3) is 5.49. The molecule has 0 aliphatic carbocycles. The third-order valence-electron chi connectivity index (χ3n) is 3.20. The smallest absolute Gasteiger partial charge is 0.214 e. The molecule has 2 unspecified atom stereocenters. The van der Waals surface area contributed by atoms with Gasteiger partial charge in [0.2, 0.25) is 5.91 Å². The Kier molecular flexibility index (Phi) is 6.13. The number of alkyl halides is 2. The van der Waals surface area contributed by atoms with Crippen molar-refractivity contribution in [3.8, 4) is 0 Å². The van der Waals surface area contributed by atoms with Crippen molar-refractivity contribution in [2.45, 2.75) is 34.1 Å². The molecule has 1 aliphatic rings. The fourth-order valence-electron chi connectivity index (χ4n) is 1.65. The monoisotopic (exact) mass is 488 g/mol. The number of halogens is 2. The molecule has 0 aromatic carbocycles. The summed E-state index contributed by atoms with van der Waals surface area (Å²) in [5.74, 6) is -0.107. The van der Waals surface area contributed by atoms with Crippen LogP contribution in [-0.2, 0) is 9.59 Å². The summed E-state index contributed by atoms with van der Waals surface area (Å²) in [5.41, 5.74) is 0. The van der Waals surface area contributed by atoms with Crippen molar-refractivity contribution in [3.63, 3.8) is 0 Å². The molecule has 0 saturated carbocycles. The van der Waals surface area contributed by atoms with E-state index in [1.165, 1.54) is 0 Å². The van der Waals surface area contributed by atoms with Crippen LogP contribution in [0, 0.1) is 0 Å². The zero-order valence-corrected chi connectivity index (χ0v) is 15.9. The summed E-state index contributed by atoms with van der Waals surface area (Å²) in [6.45, 7) is 8.40. The predicted molar refractivity (Wildman–Crippen MR) is 94.2 cm³/mol. The number of amides is 1.